The Bertz CT molecular complexity index is 650. The smallest absolute Gasteiger partial charge is 0.163 e. The number of hydrogen-bond donors (Lipinski definition) is 0. The highest BCUT2D eigenvalue weighted by molar-refractivity contribution is 6.16. The first kappa shape index (κ1) is 14.5. The number of nitrogens with zero attached hydrogens (tertiary/aromatic N) is 2. The lowest BCUT2D eigenvalue weighted by atomic mass is 9.88. The molecule has 1 heterocycles. The van der Waals surface area contributed by atoms with Crippen molar-refractivity contribution >= 4 is 22.6 Å². The van der Waals surface area contributed by atoms with Gasteiger partial charge in [-0.05, 0) is 12.8 Å². The molecule has 0 N–H and O–H groups in total. The Kier molecular flexibility index (Phi) is 3.95. The van der Waals surface area contributed by atoms with Crippen LogP contribution in [0, 0.1) is 0 Å². The van der Waals surface area contributed by atoms with Crippen LogP contribution in [0.4, 0.5) is 0 Å². The summed E-state index contributed by atoms with van der Waals surface area (Å²) in [5.74, 6) is 2.64. The number of benzene rings is 1. The van der Waals surface area contributed by atoms with Gasteiger partial charge in [0.25, 0.3) is 0 Å². The van der Waals surface area contributed by atoms with E-state index in [0.29, 0.717) is 29.5 Å². The van der Waals surface area contributed by atoms with Crippen LogP contribution in [0.3, 0.4) is 0 Å². The summed E-state index contributed by atoms with van der Waals surface area (Å²) in [5.41, 5.74) is 1.91. The van der Waals surface area contributed by atoms with Crippen LogP contribution in [0.15, 0.2) is 12.1 Å². The summed E-state index contributed by atoms with van der Waals surface area (Å²) in [5, 5.41) is 0. The average Bonchev–Trinajstić information content (AvgIpc) is 2.82. The summed E-state index contributed by atoms with van der Waals surface area (Å²) < 4.78 is 18.3. The van der Waals surface area contributed by atoms with Gasteiger partial charge in [-0.25, -0.2) is 4.98 Å². The first-order valence-electron chi connectivity index (χ1n) is 6.93. The van der Waals surface area contributed by atoms with Crippen molar-refractivity contribution in [2.75, 3.05) is 21.3 Å². The quantitative estimate of drug-likeness (QED) is 0.796. The standard InChI is InChI=1S/C15H19ClN2O3/c1-19-10-4-9(5-10)18-12-7-14(21-3)13(20-2)6-11(12)17-15(18)8-16/h6-7,9-10H,4-5,8H2,1-3H3. The third-order valence-corrected chi connectivity index (χ3v) is 4.39. The van der Waals surface area contributed by atoms with Crippen LogP contribution in [0.1, 0.15) is 24.7 Å². The molecule has 2 aromatic rings. The maximum absolute atomic E-state index is 6.07. The predicted octanol–water partition coefficient (Wildman–Crippen LogP) is 3.14. The first-order valence-corrected chi connectivity index (χ1v) is 7.46. The van der Waals surface area contributed by atoms with Crippen LogP contribution in [0.25, 0.3) is 11.0 Å². The van der Waals surface area contributed by atoms with Gasteiger partial charge in [0, 0.05) is 25.3 Å². The van der Waals surface area contributed by atoms with Gasteiger partial charge in [-0.3, -0.25) is 0 Å². The van der Waals surface area contributed by atoms with Gasteiger partial charge < -0.3 is 18.8 Å². The normalized spacial score (nSPS) is 21.3. The highest BCUT2D eigenvalue weighted by Crippen LogP contribution is 2.40. The fraction of sp³-hybridized carbons (Fsp3) is 0.533. The topological polar surface area (TPSA) is 45.5 Å². The van der Waals surface area contributed by atoms with Gasteiger partial charge >= 0.3 is 0 Å². The lowest BCUT2D eigenvalue weighted by Crippen LogP contribution is -2.33. The molecule has 0 bridgehead atoms. The second kappa shape index (κ2) is 5.73. The minimum atomic E-state index is 0.329. The van der Waals surface area contributed by atoms with Gasteiger partial charge in [0.2, 0.25) is 0 Å². The number of fused-ring (bicyclic) bond motifs is 1. The third-order valence-electron chi connectivity index (χ3n) is 4.16. The minimum Gasteiger partial charge on any atom is -0.493 e. The average molecular weight is 311 g/mol. The van der Waals surface area contributed by atoms with Crippen molar-refractivity contribution in [3.05, 3.63) is 18.0 Å². The molecule has 1 saturated carbocycles. The summed E-state index contributed by atoms with van der Waals surface area (Å²) in [7, 11) is 5.01. The van der Waals surface area contributed by atoms with Crippen molar-refractivity contribution in [2.24, 2.45) is 0 Å². The number of alkyl halides is 1. The van der Waals surface area contributed by atoms with E-state index in [9.17, 15) is 0 Å². The molecule has 1 aromatic heterocycles. The molecule has 0 spiro atoms. The van der Waals surface area contributed by atoms with Crippen LogP contribution in [-0.4, -0.2) is 37.0 Å². The Morgan fingerprint density at radius 3 is 2.43 bits per heavy atom. The molecule has 5 nitrogen and oxygen atoms in total. The van der Waals surface area contributed by atoms with E-state index in [1.807, 2.05) is 12.1 Å². The zero-order chi connectivity index (χ0) is 15.0. The lowest BCUT2D eigenvalue weighted by Gasteiger charge is -2.36. The van der Waals surface area contributed by atoms with Gasteiger partial charge in [0.15, 0.2) is 11.5 Å². The molecule has 0 amide bonds. The largest absolute Gasteiger partial charge is 0.493 e. The van der Waals surface area contributed by atoms with Gasteiger partial charge in [-0.1, -0.05) is 0 Å². The Morgan fingerprint density at radius 2 is 1.86 bits per heavy atom. The predicted molar refractivity (Wildman–Crippen MR) is 81.5 cm³/mol. The number of imidazole rings is 1. The Morgan fingerprint density at radius 1 is 1.19 bits per heavy atom. The highest BCUT2D eigenvalue weighted by Gasteiger charge is 2.33. The van der Waals surface area contributed by atoms with Gasteiger partial charge in [-0.2, -0.15) is 0 Å². The maximum Gasteiger partial charge on any atom is 0.163 e. The molecule has 0 saturated heterocycles. The molecule has 6 heteroatoms. The number of rotatable bonds is 5. The van der Waals surface area contributed by atoms with Gasteiger partial charge in [0.05, 0.1) is 37.2 Å². The Balaban J connectivity index is 2.09. The van der Waals surface area contributed by atoms with E-state index in [4.69, 9.17) is 25.8 Å². The minimum absolute atomic E-state index is 0.329. The molecule has 1 aliphatic rings. The van der Waals surface area contributed by atoms with Crippen molar-refractivity contribution in [2.45, 2.75) is 30.9 Å². The fourth-order valence-corrected chi connectivity index (χ4v) is 3.10. The number of hydrogen-bond acceptors (Lipinski definition) is 4. The van der Waals surface area contributed by atoms with E-state index in [1.165, 1.54) is 0 Å². The molecule has 1 aromatic carbocycles. The SMILES string of the molecule is COc1cc2nc(CCl)n(C3CC(OC)C3)c2cc1OC. The summed E-state index contributed by atoms with van der Waals surface area (Å²) in [6.45, 7) is 0. The van der Waals surface area contributed by atoms with Gasteiger partial charge in [-0.15, -0.1) is 11.6 Å². The van der Waals surface area contributed by atoms with E-state index in [-0.39, 0.29) is 0 Å². The molecular formula is C15H19ClN2O3. The summed E-state index contributed by atoms with van der Waals surface area (Å²) >= 11 is 6.07. The van der Waals surface area contributed by atoms with E-state index in [1.54, 1.807) is 21.3 Å². The van der Waals surface area contributed by atoms with E-state index in [2.05, 4.69) is 9.55 Å². The Hall–Kier alpha value is -1.46. The molecule has 0 unspecified atom stereocenters. The van der Waals surface area contributed by atoms with Crippen LogP contribution in [-0.2, 0) is 10.6 Å². The number of ether oxygens (including phenoxy) is 3. The second-order valence-corrected chi connectivity index (χ2v) is 5.48. The van der Waals surface area contributed by atoms with E-state index in [0.717, 1.165) is 29.7 Å². The van der Waals surface area contributed by atoms with Crippen LogP contribution < -0.4 is 9.47 Å². The summed E-state index contributed by atoms with van der Waals surface area (Å²) in [6, 6.07) is 4.25. The third kappa shape index (κ3) is 2.34. The molecule has 3 rings (SSSR count). The van der Waals surface area contributed by atoms with Crippen molar-refractivity contribution < 1.29 is 14.2 Å². The number of methoxy groups -OCH3 is 3. The van der Waals surface area contributed by atoms with E-state index < -0.39 is 0 Å². The molecule has 0 atom stereocenters. The second-order valence-electron chi connectivity index (χ2n) is 5.21. The molecule has 0 radical (unpaired) electrons. The monoisotopic (exact) mass is 310 g/mol. The van der Waals surface area contributed by atoms with Crippen LogP contribution in [0.5, 0.6) is 11.5 Å². The molecule has 1 fully saturated rings. The Labute approximate surface area is 128 Å². The summed E-state index contributed by atoms with van der Waals surface area (Å²) in [4.78, 5) is 4.62. The molecule has 0 aliphatic heterocycles. The van der Waals surface area contributed by atoms with E-state index >= 15 is 0 Å². The summed E-state index contributed by atoms with van der Waals surface area (Å²) in [6.07, 6.45) is 2.30. The number of halogens is 1. The maximum atomic E-state index is 6.07. The molecule has 21 heavy (non-hydrogen) atoms. The first-order chi connectivity index (χ1) is 10.2. The van der Waals surface area contributed by atoms with Crippen LogP contribution in [0.2, 0.25) is 0 Å². The van der Waals surface area contributed by atoms with Crippen molar-refractivity contribution in [3.63, 3.8) is 0 Å². The van der Waals surface area contributed by atoms with Crippen LogP contribution >= 0.6 is 11.6 Å². The van der Waals surface area contributed by atoms with Gasteiger partial charge in [0.1, 0.15) is 5.82 Å². The number of aromatic nitrogens is 2. The highest BCUT2D eigenvalue weighted by atomic mass is 35.5. The van der Waals surface area contributed by atoms with Crippen molar-refractivity contribution in [1.29, 1.82) is 0 Å². The molecular weight excluding hydrogens is 292 g/mol. The van der Waals surface area contributed by atoms with Crippen molar-refractivity contribution in [3.8, 4) is 11.5 Å². The lowest BCUT2D eigenvalue weighted by molar-refractivity contribution is 0.00674. The zero-order valence-electron chi connectivity index (χ0n) is 12.4. The van der Waals surface area contributed by atoms with Crippen molar-refractivity contribution in [1.82, 2.24) is 9.55 Å². The molecule has 114 valence electrons. The molecule has 1 aliphatic carbocycles. The zero-order valence-corrected chi connectivity index (χ0v) is 13.2. The fourth-order valence-electron chi connectivity index (χ4n) is 2.91.